The summed E-state index contributed by atoms with van der Waals surface area (Å²) in [5.74, 6) is 0.145. The molecule has 9 heteroatoms. The fraction of sp³-hybridized carbons (Fsp3) is 0.611. The molecule has 27 heavy (non-hydrogen) atoms. The van der Waals surface area contributed by atoms with Gasteiger partial charge in [-0.3, -0.25) is 4.79 Å². The van der Waals surface area contributed by atoms with Gasteiger partial charge in [-0.05, 0) is 50.7 Å². The standard InChI is InChI=1S/C18H24N4O3S2/c1-18(13-19,14-5-6-14)21-16(23)12-26-17-8-7-15(11-20-17)27(24,25)22-9-3-2-4-10-22/h7-8,11,14H,2-6,9-10,12H2,1H3,(H,21,23)/t18-/m1/s1. The number of piperidine rings is 1. The van der Waals surface area contributed by atoms with Crippen molar-refractivity contribution in [3.05, 3.63) is 18.3 Å². The Labute approximate surface area is 164 Å². The van der Waals surface area contributed by atoms with Crippen molar-refractivity contribution in [2.45, 2.75) is 54.5 Å². The van der Waals surface area contributed by atoms with Crippen LogP contribution in [0.2, 0.25) is 0 Å². The second-order valence-corrected chi connectivity index (χ2v) is 10.2. The highest BCUT2D eigenvalue weighted by Crippen LogP contribution is 2.39. The van der Waals surface area contributed by atoms with Crippen LogP contribution in [0.15, 0.2) is 28.3 Å². The van der Waals surface area contributed by atoms with Gasteiger partial charge in [0, 0.05) is 19.3 Å². The van der Waals surface area contributed by atoms with Crippen LogP contribution < -0.4 is 5.32 Å². The first-order chi connectivity index (χ1) is 12.8. The van der Waals surface area contributed by atoms with Gasteiger partial charge in [0.05, 0.1) is 16.8 Å². The normalized spacial score (nSPS) is 20.4. The Hall–Kier alpha value is -1.63. The molecule has 2 aliphatic rings. The molecule has 1 aliphatic heterocycles. The number of hydrogen-bond donors (Lipinski definition) is 1. The van der Waals surface area contributed by atoms with E-state index in [-0.39, 0.29) is 22.5 Å². The van der Waals surface area contributed by atoms with Crippen LogP contribution in [0.25, 0.3) is 0 Å². The van der Waals surface area contributed by atoms with Gasteiger partial charge < -0.3 is 5.32 Å². The Balaban J connectivity index is 1.56. The minimum Gasteiger partial charge on any atom is -0.337 e. The Morgan fingerprint density at radius 1 is 1.37 bits per heavy atom. The van der Waals surface area contributed by atoms with Crippen LogP contribution in [0.3, 0.4) is 0 Å². The molecule has 146 valence electrons. The molecule has 0 bridgehead atoms. The second kappa shape index (κ2) is 8.17. The molecule has 1 saturated carbocycles. The van der Waals surface area contributed by atoms with E-state index in [1.165, 1.54) is 22.3 Å². The van der Waals surface area contributed by atoms with E-state index < -0.39 is 15.6 Å². The molecule has 0 aromatic carbocycles. The maximum Gasteiger partial charge on any atom is 0.244 e. The lowest BCUT2D eigenvalue weighted by atomic mass is 9.98. The van der Waals surface area contributed by atoms with E-state index in [4.69, 9.17) is 0 Å². The van der Waals surface area contributed by atoms with E-state index in [0.717, 1.165) is 32.1 Å². The highest BCUT2D eigenvalue weighted by Gasteiger charge is 2.42. The van der Waals surface area contributed by atoms with Gasteiger partial charge >= 0.3 is 0 Å². The molecule has 1 N–H and O–H groups in total. The van der Waals surface area contributed by atoms with E-state index in [9.17, 15) is 18.5 Å². The Bertz CT molecular complexity index is 825. The summed E-state index contributed by atoms with van der Waals surface area (Å²) in [4.78, 5) is 16.5. The van der Waals surface area contributed by atoms with E-state index in [1.807, 2.05) is 0 Å². The van der Waals surface area contributed by atoms with Gasteiger partial charge in [0.1, 0.15) is 10.4 Å². The zero-order valence-electron chi connectivity index (χ0n) is 15.3. The van der Waals surface area contributed by atoms with E-state index in [0.29, 0.717) is 18.1 Å². The number of rotatable bonds is 7. The highest BCUT2D eigenvalue weighted by atomic mass is 32.2. The number of aromatic nitrogens is 1. The molecule has 3 rings (SSSR count). The Kier molecular flexibility index (Phi) is 6.08. The molecule has 7 nitrogen and oxygen atoms in total. The summed E-state index contributed by atoms with van der Waals surface area (Å²) >= 11 is 1.23. The molecule has 1 saturated heterocycles. The fourth-order valence-corrected chi connectivity index (χ4v) is 5.31. The maximum absolute atomic E-state index is 12.6. The summed E-state index contributed by atoms with van der Waals surface area (Å²) in [7, 11) is -3.49. The zero-order valence-corrected chi connectivity index (χ0v) is 17.0. The Morgan fingerprint density at radius 3 is 2.63 bits per heavy atom. The molecule has 1 aromatic rings. The predicted molar refractivity (Wildman–Crippen MR) is 102 cm³/mol. The number of amides is 1. The number of thioether (sulfide) groups is 1. The van der Waals surface area contributed by atoms with Gasteiger partial charge in [-0.25, -0.2) is 13.4 Å². The van der Waals surface area contributed by atoms with Crippen LogP contribution >= 0.6 is 11.8 Å². The van der Waals surface area contributed by atoms with Crippen molar-refractivity contribution in [2.24, 2.45) is 5.92 Å². The molecular formula is C18H24N4O3S2. The quantitative estimate of drug-likeness (QED) is 0.694. The lowest BCUT2D eigenvalue weighted by molar-refractivity contribution is -0.119. The molecule has 1 aromatic heterocycles. The Morgan fingerprint density at radius 2 is 2.07 bits per heavy atom. The minimum absolute atomic E-state index is 0.134. The van der Waals surface area contributed by atoms with Crippen molar-refractivity contribution in [2.75, 3.05) is 18.8 Å². The number of pyridine rings is 1. The maximum atomic E-state index is 12.6. The van der Waals surface area contributed by atoms with Crippen LogP contribution in [-0.4, -0.2) is 48.0 Å². The van der Waals surface area contributed by atoms with Gasteiger partial charge in [0.2, 0.25) is 15.9 Å². The zero-order chi connectivity index (χ0) is 19.5. The summed E-state index contributed by atoms with van der Waals surface area (Å²) in [6.45, 7) is 2.86. The van der Waals surface area contributed by atoms with Gasteiger partial charge in [0.15, 0.2) is 0 Å². The summed E-state index contributed by atoms with van der Waals surface area (Å²) in [6.07, 6.45) is 6.12. The molecule has 0 unspecified atom stereocenters. The molecule has 2 heterocycles. The molecule has 1 aliphatic carbocycles. The first-order valence-electron chi connectivity index (χ1n) is 9.16. The SMILES string of the molecule is C[C@](C#N)(NC(=O)CSc1ccc(S(=O)(=O)N2CCCCC2)cn1)C1CC1. The summed E-state index contributed by atoms with van der Waals surface area (Å²) < 4.78 is 26.7. The average molecular weight is 409 g/mol. The molecule has 0 radical (unpaired) electrons. The number of sulfonamides is 1. The third-order valence-corrected chi connectivity index (χ3v) is 7.86. The first-order valence-corrected chi connectivity index (χ1v) is 11.6. The molecule has 0 spiro atoms. The fourth-order valence-electron chi connectivity index (χ4n) is 3.21. The smallest absolute Gasteiger partial charge is 0.244 e. The molecule has 2 fully saturated rings. The molecule has 1 amide bonds. The van der Waals surface area contributed by atoms with Crippen LogP contribution in [0.5, 0.6) is 0 Å². The predicted octanol–water partition coefficient (Wildman–Crippen LogP) is 2.16. The van der Waals surface area contributed by atoms with Crippen molar-refractivity contribution in [3.8, 4) is 6.07 Å². The molecular weight excluding hydrogens is 384 g/mol. The average Bonchev–Trinajstić information content (AvgIpc) is 3.53. The van der Waals surface area contributed by atoms with Crippen LogP contribution in [0, 0.1) is 17.2 Å². The van der Waals surface area contributed by atoms with E-state index in [1.54, 1.807) is 19.1 Å². The first kappa shape index (κ1) is 20.1. The van der Waals surface area contributed by atoms with E-state index >= 15 is 0 Å². The van der Waals surface area contributed by atoms with E-state index in [2.05, 4.69) is 16.4 Å². The van der Waals surface area contributed by atoms with Gasteiger partial charge in [-0.15, -0.1) is 0 Å². The summed E-state index contributed by atoms with van der Waals surface area (Å²) in [5.41, 5.74) is -0.808. The third-order valence-electron chi connectivity index (χ3n) is 5.04. The van der Waals surface area contributed by atoms with Crippen molar-refractivity contribution in [3.63, 3.8) is 0 Å². The number of nitrogens with one attached hydrogen (secondary N) is 1. The number of carbonyl (C=O) groups excluding carboxylic acids is 1. The highest BCUT2D eigenvalue weighted by molar-refractivity contribution is 7.99. The van der Waals surface area contributed by atoms with Crippen molar-refractivity contribution in [1.82, 2.24) is 14.6 Å². The number of nitriles is 1. The minimum atomic E-state index is -3.49. The number of hydrogen-bond acceptors (Lipinski definition) is 6. The lowest BCUT2D eigenvalue weighted by Gasteiger charge is -2.25. The third kappa shape index (κ3) is 4.81. The second-order valence-electron chi connectivity index (χ2n) is 7.22. The topological polar surface area (TPSA) is 103 Å². The monoisotopic (exact) mass is 408 g/mol. The largest absolute Gasteiger partial charge is 0.337 e. The number of carbonyl (C=O) groups is 1. The lowest BCUT2D eigenvalue weighted by Crippen LogP contribution is -2.47. The van der Waals surface area contributed by atoms with Gasteiger partial charge in [-0.1, -0.05) is 18.2 Å². The van der Waals surface area contributed by atoms with Crippen molar-refractivity contribution in [1.29, 1.82) is 5.26 Å². The summed E-state index contributed by atoms with van der Waals surface area (Å²) in [6, 6.07) is 5.36. The van der Waals surface area contributed by atoms with Crippen LogP contribution in [-0.2, 0) is 14.8 Å². The van der Waals surface area contributed by atoms with Gasteiger partial charge in [-0.2, -0.15) is 9.57 Å². The van der Waals surface area contributed by atoms with Gasteiger partial charge in [0.25, 0.3) is 0 Å². The van der Waals surface area contributed by atoms with Crippen molar-refractivity contribution < 1.29 is 13.2 Å². The van der Waals surface area contributed by atoms with Crippen molar-refractivity contribution >= 4 is 27.7 Å². The molecule has 1 atom stereocenters. The van der Waals surface area contributed by atoms with Crippen LogP contribution in [0.4, 0.5) is 0 Å². The number of nitrogens with zero attached hydrogens (tertiary/aromatic N) is 3. The summed E-state index contributed by atoms with van der Waals surface area (Å²) in [5, 5.41) is 12.7. The van der Waals surface area contributed by atoms with Crippen LogP contribution in [0.1, 0.15) is 39.0 Å².